The SMILES string of the molecule is CC1(COc2nc(N3CC4CCC(C3)N4)c3cc(C(F)(F)F)c(-c4ccc(F)c5sc(N)c(C#N)c45)c(F)c3n2)COC1. The number of thiophene rings is 1. The molecule has 0 saturated carbocycles. The summed E-state index contributed by atoms with van der Waals surface area (Å²) in [6, 6.07) is 4.71. The number of nitrogens with zero attached hydrogens (tertiary/aromatic N) is 4. The van der Waals surface area contributed by atoms with Gasteiger partial charge in [0.15, 0.2) is 5.82 Å². The van der Waals surface area contributed by atoms with E-state index in [4.69, 9.17) is 15.2 Å². The van der Waals surface area contributed by atoms with Gasteiger partial charge in [0.05, 0.1) is 29.0 Å². The minimum absolute atomic E-state index is 0.0827. The zero-order chi connectivity index (χ0) is 30.3. The van der Waals surface area contributed by atoms with Crippen LogP contribution in [0.2, 0.25) is 0 Å². The molecule has 43 heavy (non-hydrogen) atoms. The number of hydrogen-bond acceptors (Lipinski definition) is 9. The van der Waals surface area contributed by atoms with Gasteiger partial charge in [-0.2, -0.15) is 28.4 Å². The summed E-state index contributed by atoms with van der Waals surface area (Å²) in [5, 5.41) is 12.8. The van der Waals surface area contributed by atoms with E-state index in [9.17, 15) is 22.8 Å². The van der Waals surface area contributed by atoms with Gasteiger partial charge in [0.1, 0.15) is 34.8 Å². The Labute approximate surface area is 246 Å². The fourth-order valence-electron chi connectivity index (χ4n) is 6.23. The molecule has 224 valence electrons. The van der Waals surface area contributed by atoms with Gasteiger partial charge in [-0.15, -0.1) is 11.3 Å². The number of hydrogen-bond donors (Lipinski definition) is 2. The molecule has 0 spiro atoms. The summed E-state index contributed by atoms with van der Waals surface area (Å²) in [5.74, 6) is -1.92. The zero-order valence-corrected chi connectivity index (χ0v) is 23.6. The fourth-order valence-corrected chi connectivity index (χ4v) is 7.18. The number of nitriles is 1. The summed E-state index contributed by atoms with van der Waals surface area (Å²) >= 11 is 0.716. The van der Waals surface area contributed by atoms with Gasteiger partial charge in [0, 0.05) is 46.9 Å². The van der Waals surface area contributed by atoms with Crippen molar-refractivity contribution in [2.45, 2.75) is 38.0 Å². The van der Waals surface area contributed by atoms with Crippen LogP contribution < -0.4 is 20.7 Å². The molecule has 2 aromatic heterocycles. The third-order valence-electron chi connectivity index (χ3n) is 8.36. The van der Waals surface area contributed by atoms with Crippen molar-refractivity contribution in [2.24, 2.45) is 5.41 Å². The van der Waals surface area contributed by atoms with Crippen molar-refractivity contribution >= 4 is 43.1 Å². The summed E-state index contributed by atoms with van der Waals surface area (Å²) in [4.78, 5) is 10.7. The van der Waals surface area contributed by atoms with E-state index in [2.05, 4.69) is 15.3 Å². The van der Waals surface area contributed by atoms with Gasteiger partial charge in [-0.3, -0.25) is 0 Å². The maximum atomic E-state index is 16.8. The minimum Gasteiger partial charge on any atom is -0.463 e. The first-order valence-electron chi connectivity index (χ1n) is 13.7. The largest absolute Gasteiger partial charge is 0.463 e. The molecule has 3 fully saturated rings. The first kappa shape index (κ1) is 28.0. The molecule has 4 aromatic rings. The summed E-state index contributed by atoms with van der Waals surface area (Å²) < 4.78 is 86.9. The Kier molecular flexibility index (Phi) is 6.42. The van der Waals surface area contributed by atoms with Crippen LogP contribution in [0.5, 0.6) is 6.01 Å². The summed E-state index contributed by atoms with van der Waals surface area (Å²) in [7, 11) is 0. The Hall–Kier alpha value is -3.80. The van der Waals surface area contributed by atoms with Crippen molar-refractivity contribution in [3.8, 4) is 23.2 Å². The molecular weight excluding hydrogens is 591 g/mol. The minimum atomic E-state index is -5.02. The average Bonchev–Trinajstić information content (AvgIpc) is 3.48. The number of nitrogen functional groups attached to an aromatic ring is 1. The van der Waals surface area contributed by atoms with E-state index >= 15 is 4.39 Å². The van der Waals surface area contributed by atoms with Crippen molar-refractivity contribution in [2.75, 3.05) is 43.5 Å². The second-order valence-corrected chi connectivity index (χ2v) is 12.8. The van der Waals surface area contributed by atoms with Crippen molar-refractivity contribution in [1.29, 1.82) is 5.26 Å². The van der Waals surface area contributed by atoms with Gasteiger partial charge in [-0.1, -0.05) is 13.0 Å². The Morgan fingerprint density at radius 1 is 1.21 bits per heavy atom. The molecule has 3 aliphatic rings. The number of alkyl halides is 3. The predicted molar refractivity (Wildman–Crippen MR) is 151 cm³/mol. The van der Waals surface area contributed by atoms with E-state index < -0.39 is 28.9 Å². The molecule has 8 nitrogen and oxygen atoms in total. The average molecular weight is 617 g/mol. The molecule has 7 rings (SSSR count). The highest BCUT2D eigenvalue weighted by atomic mass is 32.1. The molecule has 0 radical (unpaired) electrons. The Bertz CT molecular complexity index is 1820. The zero-order valence-electron chi connectivity index (χ0n) is 22.8. The lowest BCUT2D eigenvalue weighted by molar-refractivity contribution is -0.137. The smallest absolute Gasteiger partial charge is 0.417 e. The van der Waals surface area contributed by atoms with Crippen LogP contribution in [0.3, 0.4) is 0 Å². The first-order chi connectivity index (χ1) is 20.5. The molecule has 2 atom stereocenters. The van der Waals surface area contributed by atoms with E-state index in [0.717, 1.165) is 31.0 Å². The molecule has 14 heteroatoms. The highest BCUT2D eigenvalue weighted by Crippen LogP contribution is 2.48. The predicted octanol–water partition coefficient (Wildman–Crippen LogP) is 5.62. The van der Waals surface area contributed by atoms with E-state index in [1.807, 2.05) is 17.9 Å². The third-order valence-corrected chi connectivity index (χ3v) is 9.39. The van der Waals surface area contributed by atoms with Gasteiger partial charge in [0.25, 0.3) is 0 Å². The number of anilines is 2. The van der Waals surface area contributed by atoms with E-state index in [1.165, 1.54) is 0 Å². The lowest BCUT2D eigenvalue weighted by atomic mass is 9.90. The van der Waals surface area contributed by atoms with Crippen molar-refractivity contribution in [3.05, 3.63) is 41.0 Å². The fraction of sp³-hybridized carbons (Fsp3) is 0.414. The number of rotatable bonds is 5. The number of piperazine rings is 1. The molecule has 2 aromatic carbocycles. The topological polar surface area (TPSA) is 109 Å². The Morgan fingerprint density at radius 3 is 2.56 bits per heavy atom. The number of ether oxygens (including phenoxy) is 2. The lowest BCUT2D eigenvalue weighted by Gasteiger charge is -2.37. The van der Waals surface area contributed by atoms with Crippen LogP contribution >= 0.6 is 11.3 Å². The van der Waals surface area contributed by atoms with Crippen LogP contribution in [0.15, 0.2) is 18.2 Å². The van der Waals surface area contributed by atoms with Gasteiger partial charge in [-0.25, -0.2) is 8.78 Å². The summed E-state index contributed by atoms with van der Waals surface area (Å²) in [6.07, 6.45) is -3.21. The van der Waals surface area contributed by atoms with Crippen LogP contribution in [0, 0.1) is 28.4 Å². The van der Waals surface area contributed by atoms with Crippen LogP contribution in [0.4, 0.5) is 32.8 Å². The summed E-state index contributed by atoms with van der Waals surface area (Å²) in [5.41, 5.74) is 2.57. The van der Waals surface area contributed by atoms with E-state index in [-0.39, 0.29) is 73.1 Å². The second kappa shape index (κ2) is 9.87. The Balaban J connectivity index is 1.49. The highest BCUT2D eigenvalue weighted by molar-refractivity contribution is 7.23. The van der Waals surface area contributed by atoms with Crippen LogP contribution in [-0.2, 0) is 10.9 Å². The standard InChI is InChI=1S/C29H25F5N6O2S/c1-28(10-41-11-28)12-42-27-38-23-16(26(39-27)40-8-13-2-3-14(9-40)37-13)6-18(29(32,33)34)21(22(23)31)15-4-5-19(30)24-20(15)17(7-35)25(36)43-24/h4-6,13-14,37H,2-3,8-12,36H2,1H3. The molecule has 3 saturated heterocycles. The molecule has 0 aliphatic carbocycles. The Morgan fingerprint density at radius 2 is 1.93 bits per heavy atom. The van der Waals surface area contributed by atoms with E-state index in [0.29, 0.717) is 37.6 Å². The normalized spacial score (nSPS) is 21.3. The third kappa shape index (κ3) is 4.61. The molecule has 3 aliphatic heterocycles. The molecule has 2 unspecified atom stereocenters. The quantitative estimate of drug-likeness (QED) is 0.278. The van der Waals surface area contributed by atoms with Gasteiger partial charge < -0.3 is 25.4 Å². The second-order valence-electron chi connectivity index (χ2n) is 11.7. The van der Waals surface area contributed by atoms with Crippen LogP contribution in [-0.4, -0.2) is 55.0 Å². The van der Waals surface area contributed by atoms with Gasteiger partial charge >= 0.3 is 12.2 Å². The first-order valence-corrected chi connectivity index (χ1v) is 14.5. The number of halogens is 5. The van der Waals surface area contributed by atoms with E-state index in [1.54, 1.807) is 0 Å². The number of aromatic nitrogens is 2. The molecule has 2 bridgehead atoms. The number of nitrogens with two attached hydrogens (primary N) is 1. The molecular formula is C29H25F5N6O2S. The maximum absolute atomic E-state index is 16.8. The van der Waals surface area contributed by atoms with Gasteiger partial charge in [-0.05, 0) is 30.5 Å². The maximum Gasteiger partial charge on any atom is 0.417 e. The number of benzene rings is 2. The van der Waals surface area contributed by atoms with Crippen LogP contribution in [0.25, 0.3) is 32.1 Å². The monoisotopic (exact) mass is 616 g/mol. The molecule has 0 amide bonds. The van der Waals surface area contributed by atoms with Crippen molar-refractivity contribution < 1.29 is 31.4 Å². The number of nitrogens with one attached hydrogen (secondary N) is 1. The molecule has 5 heterocycles. The van der Waals surface area contributed by atoms with Crippen LogP contribution in [0.1, 0.15) is 30.9 Å². The number of fused-ring (bicyclic) bond motifs is 4. The van der Waals surface area contributed by atoms with Crippen molar-refractivity contribution in [3.63, 3.8) is 0 Å². The lowest BCUT2D eigenvalue weighted by Crippen LogP contribution is -2.51. The summed E-state index contributed by atoms with van der Waals surface area (Å²) in [6.45, 7) is 3.95. The van der Waals surface area contributed by atoms with Crippen molar-refractivity contribution in [1.82, 2.24) is 15.3 Å². The molecule has 3 N–H and O–H groups in total. The van der Waals surface area contributed by atoms with Gasteiger partial charge in [0.2, 0.25) is 0 Å². The highest BCUT2D eigenvalue weighted by Gasteiger charge is 2.40.